The summed E-state index contributed by atoms with van der Waals surface area (Å²) in [7, 11) is 0. The summed E-state index contributed by atoms with van der Waals surface area (Å²) in [5, 5.41) is 18.0. The van der Waals surface area contributed by atoms with Crippen molar-refractivity contribution in [3.05, 3.63) is 46.4 Å². The smallest absolute Gasteiger partial charge is 0.326 e. The van der Waals surface area contributed by atoms with Crippen LogP contribution in [0.25, 0.3) is 42.5 Å². The zero-order chi connectivity index (χ0) is 20.0. The summed E-state index contributed by atoms with van der Waals surface area (Å²) in [6.07, 6.45) is 0. The Labute approximate surface area is 153 Å². The summed E-state index contributed by atoms with van der Waals surface area (Å²) in [6.45, 7) is 14.6. The van der Waals surface area contributed by atoms with E-state index in [2.05, 4.69) is 39.6 Å². The monoisotopic (exact) mass is 370 g/mol. The summed E-state index contributed by atoms with van der Waals surface area (Å²) >= 11 is 0. The molecule has 0 N–H and O–H groups in total. The third kappa shape index (κ3) is 2.13. The number of hydrogen-bond donors (Lipinski definition) is 0. The Morgan fingerprint density at radius 1 is 0.643 bits per heavy atom. The first-order valence-corrected chi connectivity index (χ1v) is 7.15. The molecule has 28 heavy (non-hydrogen) atoms. The molecule has 4 rings (SSSR count). The maximum Gasteiger partial charge on any atom is 0.326 e. The van der Waals surface area contributed by atoms with Crippen molar-refractivity contribution in [2.75, 3.05) is 0 Å². The van der Waals surface area contributed by atoms with Gasteiger partial charge in [0.25, 0.3) is 23.5 Å². The number of hydrogen-bond acceptors (Lipinski definition) is 8. The van der Waals surface area contributed by atoms with Crippen LogP contribution >= 0.6 is 0 Å². The molecule has 128 valence electrons. The normalized spacial score (nSPS) is 10.4. The van der Waals surface area contributed by atoms with Gasteiger partial charge in [0.15, 0.2) is 12.1 Å². The molecule has 0 saturated carbocycles. The minimum Gasteiger partial charge on any atom is -0.360 e. The summed E-state index contributed by atoms with van der Waals surface area (Å²) < 4.78 is 27.6. The third-order valence-electron chi connectivity index (χ3n) is 3.70. The van der Waals surface area contributed by atoms with E-state index in [-0.39, 0.29) is 44.5 Å². The van der Waals surface area contributed by atoms with E-state index in [0.717, 1.165) is 0 Å². The van der Waals surface area contributed by atoms with Crippen LogP contribution < -0.4 is 0 Å². The first kappa shape index (κ1) is 16.5. The van der Waals surface area contributed by atoms with Crippen molar-refractivity contribution in [1.82, 2.24) is 29.9 Å². The highest BCUT2D eigenvalue weighted by atomic mass is 19.2. The van der Waals surface area contributed by atoms with Gasteiger partial charge in [0, 0.05) is 0 Å². The van der Waals surface area contributed by atoms with E-state index in [9.17, 15) is 8.78 Å². The molecule has 0 amide bonds. The van der Waals surface area contributed by atoms with Crippen molar-refractivity contribution < 1.29 is 8.78 Å². The van der Waals surface area contributed by atoms with Gasteiger partial charge in [-0.1, -0.05) is 23.1 Å². The Morgan fingerprint density at radius 3 is 1.32 bits per heavy atom. The van der Waals surface area contributed by atoms with Crippen LogP contribution in [-0.2, 0) is 0 Å². The Hall–Kier alpha value is -4.94. The van der Waals surface area contributed by atoms with E-state index < -0.39 is 23.5 Å². The molecule has 3 aromatic heterocycles. The van der Waals surface area contributed by atoms with Crippen LogP contribution in [0.5, 0.6) is 0 Å². The third-order valence-corrected chi connectivity index (χ3v) is 3.70. The molecule has 4 aromatic rings. The van der Waals surface area contributed by atoms with Crippen molar-refractivity contribution >= 4 is 44.5 Å². The van der Waals surface area contributed by atoms with Gasteiger partial charge in [-0.25, -0.2) is 9.97 Å². The van der Waals surface area contributed by atoms with E-state index >= 15 is 0 Å². The summed E-state index contributed by atoms with van der Waals surface area (Å²) in [5.74, 6) is -4.59. The number of benzene rings is 1. The lowest BCUT2D eigenvalue weighted by Gasteiger charge is -2.09. The van der Waals surface area contributed by atoms with Crippen molar-refractivity contribution in [3.63, 3.8) is 0 Å². The second kappa shape index (κ2) is 5.80. The summed E-state index contributed by atoms with van der Waals surface area (Å²) in [5.41, 5.74) is -0.862. The second-order valence-corrected chi connectivity index (χ2v) is 5.14. The zero-order valence-corrected chi connectivity index (χ0v) is 13.2. The molecule has 0 radical (unpaired) electrons. The average molecular weight is 370 g/mol. The van der Waals surface area contributed by atoms with E-state index in [4.69, 9.17) is 23.7 Å². The maximum atomic E-state index is 13.8. The van der Waals surface area contributed by atoms with Crippen LogP contribution in [0.2, 0.25) is 0 Å². The van der Waals surface area contributed by atoms with Crippen molar-refractivity contribution in [1.29, 1.82) is 10.5 Å². The van der Waals surface area contributed by atoms with E-state index in [1.807, 2.05) is 0 Å². The predicted octanol–water partition coefficient (Wildman–Crippen LogP) is 2.64. The number of fused-ring (bicyclic) bond motifs is 6. The van der Waals surface area contributed by atoms with Gasteiger partial charge < -0.3 is 9.69 Å². The van der Waals surface area contributed by atoms with Crippen molar-refractivity contribution in [3.8, 4) is 12.1 Å². The lowest BCUT2D eigenvalue weighted by molar-refractivity contribution is 0.459. The van der Waals surface area contributed by atoms with E-state index in [1.54, 1.807) is 12.1 Å². The molecule has 0 spiro atoms. The molecule has 0 bridgehead atoms. The second-order valence-electron chi connectivity index (χ2n) is 5.14. The number of nitriles is 2. The lowest BCUT2D eigenvalue weighted by atomic mass is 10.1. The van der Waals surface area contributed by atoms with Gasteiger partial charge in [0.2, 0.25) is 0 Å². The van der Waals surface area contributed by atoms with Gasteiger partial charge in [-0.15, -0.1) is 0 Å². The highest BCUT2D eigenvalue weighted by molar-refractivity contribution is 6.25. The van der Waals surface area contributed by atoms with Gasteiger partial charge >= 0.3 is 11.6 Å². The standard InChI is InChI=1S/C16F2N10/c1-21-15-7-9(23-5(3-19)25-15)10-8(16(22-2)26-6(4-20)24-10)12-11(7)27-13(17)14(18)28-12. The molecule has 12 heteroatoms. The average Bonchev–Trinajstić information content (AvgIpc) is 2.73. The van der Waals surface area contributed by atoms with Crippen LogP contribution in [-0.4, -0.2) is 29.9 Å². The fourth-order valence-corrected chi connectivity index (χ4v) is 2.68. The molecule has 0 aliphatic rings. The molecule has 0 saturated heterocycles. The van der Waals surface area contributed by atoms with Gasteiger partial charge in [0.05, 0.1) is 32.8 Å². The summed E-state index contributed by atoms with van der Waals surface area (Å²) in [6, 6.07) is 3.36. The Kier molecular flexibility index (Phi) is 3.42. The fourth-order valence-electron chi connectivity index (χ4n) is 2.68. The molecule has 0 fully saturated rings. The molecule has 0 atom stereocenters. The molecule has 10 nitrogen and oxygen atoms in total. The maximum absolute atomic E-state index is 13.8. The van der Waals surface area contributed by atoms with E-state index in [1.165, 1.54) is 0 Å². The van der Waals surface area contributed by atoms with Gasteiger partial charge in [0.1, 0.15) is 0 Å². The number of aromatic nitrogens is 6. The van der Waals surface area contributed by atoms with Crippen LogP contribution in [0.4, 0.5) is 20.4 Å². The number of halogens is 2. The van der Waals surface area contributed by atoms with Crippen LogP contribution in [0.1, 0.15) is 11.6 Å². The molecule has 0 aliphatic carbocycles. The molecule has 3 heterocycles. The van der Waals surface area contributed by atoms with Crippen LogP contribution in [0, 0.1) is 47.7 Å². The number of rotatable bonds is 0. The molecular formula is C16F2N10. The Bertz CT molecular complexity index is 1420. The fraction of sp³-hybridized carbons (Fsp3) is 0. The Morgan fingerprint density at radius 2 is 1.00 bits per heavy atom. The largest absolute Gasteiger partial charge is 0.360 e. The molecule has 0 unspecified atom stereocenters. The summed E-state index contributed by atoms with van der Waals surface area (Å²) in [4.78, 5) is 28.9. The minimum absolute atomic E-state index is 0.135. The van der Waals surface area contributed by atoms with Gasteiger partial charge in [-0.2, -0.15) is 29.3 Å². The van der Waals surface area contributed by atoms with E-state index in [0.29, 0.717) is 0 Å². The van der Waals surface area contributed by atoms with Crippen molar-refractivity contribution in [2.24, 2.45) is 0 Å². The van der Waals surface area contributed by atoms with Crippen molar-refractivity contribution in [2.45, 2.75) is 0 Å². The highest BCUT2D eigenvalue weighted by Gasteiger charge is 2.25. The quantitative estimate of drug-likeness (QED) is 0.341. The lowest BCUT2D eigenvalue weighted by Crippen LogP contribution is -2.02. The molecular weight excluding hydrogens is 370 g/mol. The van der Waals surface area contributed by atoms with Crippen LogP contribution in [0.3, 0.4) is 0 Å². The highest BCUT2D eigenvalue weighted by Crippen LogP contribution is 2.39. The number of nitrogens with zero attached hydrogens (tertiary/aromatic N) is 10. The SMILES string of the molecule is [C-]#[N+]c1nc(C#N)nc2c3nc(C#N)nc([N+]#[C-])c3c3nc(F)c(F)nc3c12. The minimum atomic E-state index is -1.53. The van der Waals surface area contributed by atoms with Gasteiger partial charge in [-0.05, 0) is 0 Å². The Balaban J connectivity index is 2.49. The topological polar surface area (TPSA) is 134 Å². The predicted molar refractivity (Wildman–Crippen MR) is 87.6 cm³/mol. The first-order valence-electron chi connectivity index (χ1n) is 7.15. The first-order chi connectivity index (χ1) is 13.5. The van der Waals surface area contributed by atoms with Gasteiger partial charge in [-0.3, -0.25) is 0 Å². The van der Waals surface area contributed by atoms with Crippen LogP contribution in [0.15, 0.2) is 0 Å². The molecule has 0 aliphatic heterocycles. The zero-order valence-electron chi connectivity index (χ0n) is 13.2. The molecule has 1 aromatic carbocycles.